The fraction of sp³-hybridized carbons (Fsp3) is 0.625. The van der Waals surface area contributed by atoms with Gasteiger partial charge in [-0.05, 0) is 67.6 Å². The number of rotatable bonds is 3. The summed E-state index contributed by atoms with van der Waals surface area (Å²) in [5.74, 6) is 0.891. The zero-order valence-electron chi connectivity index (χ0n) is 17.8. The van der Waals surface area contributed by atoms with E-state index in [-0.39, 0.29) is 34.4 Å². The van der Waals surface area contributed by atoms with Crippen LogP contribution in [0.2, 0.25) is 0 Å². The molecule has 2 aliphatic carbocycles. The largest absolute Gasteiger partial charge is 0.493 e. The van der Waals surface area contributed by atoms with E-state index >= 15 is 0 Å². The number of fused-ring (bicyclic) bond motifs is 2. The molecule has 2 aromatic rings. The van der Waals surface area contributed by atoms with Crippen LogP contribution < -0.4 is 10.4 Å². The second-order valence-corrected chi connectivity index (χ2v) is 10.0. The van der Waals surface area contributed by atoms with Crippen LogP contribution in [0, 0.1) is 22.7 Å². The van der Waals surface area contributed by atoms with Gasteiger partial charge in [-0.3, -0.25) is 0 Å². The summed E-state index contributed by atoms with van der Waals surface area (Å²) in [5.41, 5.74) is -1.25. The fourth-order valence-electron chi connectivity index (χ4n) is 6.02. The van der Waals surface area contributed by atoms with E-state index in [0.29, 0.717) is 24.4 Å². The molecule has 0 amide bonds. The molecule has 4 rings (SSSR count). The Labute approximate surface area is 171 Å². The van der Waals surface area contributed by atoms with Crippen LogP contribution in [0.5, 0.6) is 5.75 Å². The molecule has 0 radical (unpaired) electrons. The van der Waals surface area contributed by atoms with Gasteiger partial charge in [0.2, 0.25) is 0 Å². The molecule has 2 fully saturated rings. The highest BCUT2D eigenvalue weighted by molar-refractivity contribution is 5.77. The van der Waals surface area contributed by atoms with Gasteiger partial charge in [0.1, 0.15) is 11.3 Å². The third-order valence-electron chi connectivity index (χ3n) is 8.26. The summed E-state index contributed by atoms with van der Waals surface area (Å²) in [6, 6.07) is 8.61. The molecule has 2 saturated carbocycles. The summed E-state index contributed by atoms with van der Waals surface area (Å²) in [6.45, 7) is 8.80. The Bertz CT molecular complexity index is 959. The van der Waals surface area contributed by atoms with Crippen LogP contribution in [0.25, 0.3) is 11.0 Å². The Morgan fingerprint density at radius 2 is 1.83 bits per heavy atom. The molecule has 0 saturated heterocycles. The van der Waals surface area contributed by atoms with Gasteiger partial charge in [-0.15, -0.1) is 0 Å². The predicted octanol–water partition coefficient (Wildman–Crippen LogP) is 4.14. The number of ether oxygens (including phenoxy) is 1. The third-order valence-corrected chi connectivity index (χ3v) is 8.26. The number of benzene rings is 1. The van der Waals surface area contributed by atoms with Gasteiger partial charge in [-0.25, -0.2) is 4.79 Å². The minimum Gasteiger partial charge on any atom is -0.493 e. The molecule has 0 unspecified atom stereocenters. The third kappa shape index (κ3) is 3.19. The predicted molar refractivity (Wildman–Crippen MR) is 112 cm³/mol. The van der Waals surface area contributed by atoms with Crippen molar-refractivity contribution in [1.29, 1.82) is 0 Å². The van der Waals surface area contributed by atoms with Crippen LogP contribution >= 0.6 is 0 Å². The molecule has 0 spiro atoms. The van der Waals surface area contributed by atoms with Gasteiger partial charge in [-0.1, -0.05) is 20.8 Å². The molecule has 5 heteroatoms. The fourth-order valence-corrected chi connectivity index (χ4v) is 6.02. The number of hydrogen-bond acceptors (Lipinski definition) is 5. The highest BCUT2D eigenvalue weighted by atomic mass is 16.5. The summed E-state index contributed by atoms with van der Waals surface area (Å²) in [4.78, 5) is 11.5. The van der Waals surface area contributed by atoms with Gasteiger partial charge in [0.05, 0.1) is 18.3 Å². The van der Waals surface area contributed by atoms with Crippen LogP contribution in [-0.4, -0.2) is 28.5 Å². The maximum absolute atomic E-state index is 11.7. The van der Waals surface area contributed by atoms with Gasteiger partial charge in [0, 0.05) is 23.4 Å². The summed E-state index contributed by atoms with van der Waals surface area (Å²) in [6.07, 6.45) is 3.03. The Morgan fingerprint density at radius 1 is 1.10 bits per heavy atom. The first-order valence-corrected chi connectivity index (χ1v) is 10.6. The van der Waals surface area contributed by atoms with Gasteiger partial charge in [-0.2, -0.15) is 0 Å². The Balaban J connectivity index is 1.54. The molecule has 1 heterocycles. The zero-order valence-corrected chi connectivity index (χ0v) is 17.8. The molecule has 2 aliphatic rings. The van der Waals surface area contributed by atoms with E-state index in [0.717, 1.165) is 24.6 Å². The van der Waals surface area contributed by atoms with Crippen LogP contribution in [0.4, 0.5) is 0 Å². The SMILES string of the molecule is CC1(C)[C@H](O)CC[C@]2(C)[C@@H]1CC[C@H](COc1ccc3ccc(=O)oc3c1)[C@]2(C)O. The van der Waals surface area contributed by atoms with Crippen molar-refractivity contribution in [1.82, 2.24) is 0 Å². The van der Waals surface area contributed by atoms with E-state index in [1.54, 1.807) is 12.1 Å². The zero-order chi connectivity index (χ0) is 21.0. The lowest BCUT2D eigenvalue weighted by atomic mass is 9.44. The van der Waals surface area contributed by atoms with Crippen molar-refractivity contribution in [2.75, 3.05) is 6.61 Å². The molecule has 158 valence electrons. The second-order valence-electron chi connectivity index (χ2n) is 10.0. The first kappa shape index (κ1) is 20.4. The summed E-state index contributed by atoms with van der Waals surface area (Å²) in [7, 11) is 0. The number of hydrogen-bond donors (Lipinski definition) is 2. The van der Waals surface area contributed by atoms with E-state index < -0.39 is 5.60 Å². The lowest BCUT2D eigenvalue weighted by Crippen LogP contribution is -2.64. The maximum Gasteiger partial charge on any atom is 0.336 e. The van der Waals surface area contributed by atoms with Gasteiger partial charge in [0.15, 0.2) is 0 Å². The quantitative estimate of drug-likeness (QED) is 0.757. The first-order chi connectivity index (χ1) is 13.6. The number of aliphatic hydroxyl groups is 2. The summed E-state index contributed by atoms with van der Waals surface area (Å²) >= 11 is 0. The molecule has 0 aliphatic heterocycles. The van der Waals surface area contributed by atoms with Crippen molar-refractivity contribution in [2.24, 2.45) is 22.7 Å². The summed E-state index contributed by atoms with van der Waals surface area (Å²) < 4.78 is 11.3. The van der Waals surface area contributed by atoms with Crippen molar-refractivity contribution in [3.05, 3.63) is 40.8 Å². The minimum atomic E-state index is -0.892. The van der Waals surface area contributed by atoms with Crippen LogP contribution in [-0.2, 0) is 0 Å². The molecule has 5 atom stereocenters. The Kier molecular flexibility index (Phi) is 4.82. The second kappa shape index (κ2) is 6.85. The van der Waals surface area contributed by atoms with Crippen molar-refractivity contribution in [3.63, 3.8) is 0 Å². The van der Waals surface area contributed by atoms with E-state index in [4.69, 9.17) is 9.15 Å². The molecule has 5 nitrogen and oxygen atoms in total. The topological polar surface area (TPSA) is 79.9 Å². The van der Waals surface area contributed by atoms with Crippen LogP contribution in [0.1, 0.15) is 53.4 Å². The molecule has 1 aromatic heterocycles. The lowest BCUT2D eigenvalue weighted by molar-refractivity contribution is -0.227. The van der Waals surface area contributed by atoms with Gasteiger partial charge in [0.25, 0.3) is 0 Å². The molecule has 1 aromatic carbocycles. The van der Waals surface area contributed by atoms with E-state index in [9.17, 15) is 15.0 Å². The average Bonchev–Trinajstić information content (AvgIpc) is 2.65. The molecular weight excluding hydrogens is 368 g/mol. The standard InChI is InChI=1S/C24H32O5/c1-22(2)19-9-7-16(24(4,27)23(19,3)12-11-20(22)25)14-28-17-8-5-15-6-10-21(26)29-18(15)13-17/h5-6,8,10,13,16,19-20,25,27H,7,9,11-12,14H2,1-4H3/t16-,19-,20-,23-,24+/m1/s1. The molecule has 29 heavy (non-hydrogen) atoms. The normalized spacial score (nSPS) is 36.6. The lowest BCUT2D eigenvalue weighted by Gasteiger charge is -2.63. The Hall–Kier alpha value is -1.85. The first-order valence-electron chi connectivity index (χ1n) is 10.6. The van der Waals surface area contributed by atoms with Crippen LogP contribution in [0.15, 0.2) is 39.5 Å². The molecule has 0 bridgehead atoms. The van der Waals surface area contributed by atoms with E-state index in [1.165, 1.54) is 6.07 Å². The highest BCUT2D eigenvalue weighted by Crippen LogP contribution is 2.62. The average molecular weight is 401 g/mol. The molecular formula is C24H32O5. The minimum absolute atomic E-state index is 0.00623. The monoisotopic (exact) mass is 400 g/mol. The van der Waals surface area contributed by atoms with Crippen molar-refractivity contribution >= 4 is 11.0 Å². The summed E-state index contributed by atoms with van der Waals surface area (Å²) in [5, 5.41) is 23.1. The number of aliphatic hydroxyl groups excluding tert-OH is 1. The van der Waals surface area contributed by atoms with Gasteiger partial charge < -0.3 is 19.4 Å². The van der Waals surface area contributed by atoms with Crippen LogP contribution in [0.3, 0.4) is 0 Å². The van der Waals surface area contributed by atoms with E-state index in [2.05, 4.69) is 20.8 Å². The highest BCUT2D eigenvalue weighted by Gasteiger charge is 2.62. The van der Waals surface area contributed by atoms with Crippen molar-refractivity contribution < 1.29 is 19.4 Å². The molecule has 2 N–H and O–H groups in total. The van der Waals surface area contributed by atoms with E-state index in [1.807, 2.05) is 19.1 Å². The Morgan fingerprint density at radius 3 is 2.59 bits per heavy atom. The van der Waals surface area contributed by atoms with Gasteiger partial charge >= 0.3 is 5.63 Å². The smallest absolute Gasteiger partial charge is 0.336 e. The van der Waals surface area contributed by atoms with Crippen molar-refractivity contribution in [3.8, 4) is 5.75 Å². The van der Waals surface area contributed by atoms with Crippen molar-refractivity contribution in [2.45, 2.75) is 65.1 Å². The maximum atomic E-state index is 11.7.